The van der Waals surface area contributed by atoms with E-state index < -0.39 is 0 Å². The number of halogens is 2. The van der Waals surface area contributed by atoms with Gasteiger partial charge in [-0.05, 0) is 129 Å². The molecule has 0 unspecified atom stereocenters. The minimum absolute atomic E-state index is 0. The van der Waals surface area contributed by atoms with Gasteiger partial charge in [-0.25, -0.2) is 0 Å². The van der Waals surface area contributed by atoms with Crippen LogP contribution in [0.15, 0.2) is 252 Å². The van der Waals surface area contributed by atoms with Crippen molar-refractivity contribution in [2.75, 3.05) is 0 Å². The number of hydrogen-bond acceptors (Lipinski definition) is 3. The molecule has 3 heterocycles. The number of hydrogen-bond donors (Lipinski definition) is 0. The van der Waals surface area contributed by atoms with Crippen molar-refractivity contribution < 1.29 is 20.1 Å². The molecule has 9 aromatic carbocycles. The SMILES string of the molecule is CC1(C)c2c[c-]c(-c3ccc(-c4ccccc4-c4cc(-c5ccccc5-c5cnc(-c6[c-]ccc(Br)c6)cc5-c5ccccc5)cc(-c5ccccc5-c5cnc(-c6[c-]ccc(Br)c6)cc5-c5ccccc5)c4)cn3)cc2C(C)(C)C1(C)C.[Ir+3]. The van der Waals surface area contributed by atoms with Crippen molar-refractivity contribution in [3.63, 3.8) is 0 Å². The first-order valence-electron chi connectivity index (χ1n) is 28.2. The summed E-state index contributed by atoms with van der Waals surface area (Å²) < 4.78 is 1.96. The van der Waals surface area contributed by atoms with E-state index in [1.165, 1.54) is 11.1 Å². The van der Waals surface area contributed by atoms with E-state index in [2.05, 4.69) is 292 Å². The van der Waals surface area contributed by atoms with Gasteiger partial charge in [-0.15, -0.1) is 94.5 Å². The van der Waals surface area contributed by atoms with Gasteiger partial charge in [0.15, 0.2) is 0 Å². The second-order valence-corrected chi connectivity index (χ2v) is 25.1. The monoisotopic (exact) mass is 1390 g/mol. The molecule has 0 radical (unpaired) electrons. The second kappa shape index (κ2) is 22.9. The average Bonchev–Trinajstić information content (AvgIpc) is 1.64. The van der Waals surface area contributed by atoms with E-state index >= 15 is 0 Å². The van der Waals surface area contributed by atoms with Gasteiger partial charge >= 0.3 is 20.1 Å². The third-order valence-corrected chi connectivity index (χ3v) is 19.0. The summed E-state index contributed by atoms with van der Waals surface area (Å²) in [4.78, 5) is 15.5. The predicted molar refractivity (Wildman–Crippen MR) is 351 cm³/mol. The Bertz CT molecular complexity index is 4240. The van der Waals surface area contributed by atoms with Crippen LogP contribution in [-0.4, -0.2) is 15.0 Å². The van der Waals surface area contributed by atoms with Gasteiger partial charge in [0.1, 0.15) is 0 Å². The van der Waals surface area contributed by atoms with Gasteiger partial charge in [-0.2, -0.15) is 0 Å². The summed E-state index contributed by atoms with van der Waals surface area (Å²) in [6.07, 6.45) is 6.10. The maximum absolute atomic E-state index is 5.20. The van der Waals surface area contributed by atoms with E-state index in [1.807, 2.05) is 42.9 Å². The number of nitrogens with zero attached hydrogens (tertiary/aromatic N) is 3. The summed E-state index contributed by atoms with van der Waals surface area (Å²) in [6, 6.07) is 90.4. The number of fused-ring (bicyclic) bond motifs is 1. The fourth-order valence-electron chi connectivity index (χ4n) is 12.4. The van der Waals surface area contributed by atoms with Crippen molar-refractivity contribution in [2.24, 2.45) is 5.41 Å². The van der Waals surface area contributed by atoms with Crippen LogP contribution in [0, 0.1) is 23.6 Å². The maximum atomic E-state index is 5.20. The molecular formula is C78H58Br2IrN3. The van der Waals surface area contributed by atoms with E-state index in [-0.39, 0.29) is 36.4 Å². The molecule has 84 heavy (non-hydrogen) atoms. The Balaban J connectivity index is 0.00000694. The van der Waals surface area contributed by atoms with Crippen molar-refractivity contribution >= 4 is 31.9 Å². The van der Waals surface area contributed by atoms with E-state index in [4.69, 9.17) is 15.0 Å². The largest absolute Gasteiger partial charge is 3.00 e. The van der Waals surface area contributed by atoms with Crippen LogP contribution in [0.1, 0.15) is 52.7 Å². The summed E-state index contributed by atoms with van der Waals surface area (Å²) in [5.41, 5.74) is 25.4. The molecule has 0 saturated heterocycles. The van der Waals surface area contributed by atoms with E-state index in [9.17, 15) is 0 Å². The summed E-state index contributed by atoms with van der Waals surface area (Å²) >= 11 is 7.38. The van der Waals surface area contributed by atoms with E-state index in [1.54, 1.807) is 0 Å². The van der Waals surface area contributed by atoms with Crippen molar-refractivity contribution in [1.82, 2.24) is 15.0 Å². The first-order valence-corrected chi connectivity index (χ1v) is 29.8. The Kier molecular flexibility index (Phi) is 15.4. The van der Waals surface area contributed by atoms with Gasteiger partial charge in [-0.1, -0.05) is 240 Å². The van der Waals surface area contributed by atoms with Crippen LogP contribution in [0.5, 0.6) is 0 Å². The molecule has 0 atom stereocenters. The first-order chi connectivity index (χ1) is 40.2. The molecule has 13 rings (SSSR count). The van der Waals surface area contributed by atoms with Crippen molar-refractivity contribution in [1.29, 1.82) is 0 Å². The molecule has 6 heteroatoms. The molecule has 3 aromatic heterocycles. The molecule has 3 nitrogen and oxygen atoms in total. The van der Waals surface area contributed by atoms with Crippen molar-refractivity contribution in [3.05, 3.63) is 281 Å². The molecule has 0 spiro atoms. The average molecular weight is 1390 g/mol. The molecule has 408 valence electrons. The summed E-state index contributed by atoms with van der Waals surface area (Å²) in [7, 11) is 0. The predicted octanol–water partition coefficient (Wildman–Crippen LogP) is 21.7. The molecule has 0 fully saturated rings. The molecule has 0 amide bonds. The smallest absolute Gasteiger partial charge is 0.304 e. The van der Waals surface area contributed by atoms with Crippen molar-refractivity contribution in [3.8, 4) is 123 Å². The molecule has 0 aliphatic heterocycles. The summed E-state index contributed by atoms with van der Waals surface area (Å²) in [6.45, 7) is 14.3. The zero-order chi connectivity index (χ0) is 57.0. The van der Waals surface area contributed by atoms with Crippen LogP contribution in [0.2, 0.25) is 0 Å². The molecule has 0 N–H and O–H groups in total. The summed E-state index contributed by atoms with van der Waals surface area (Å²) in [5, 5.41) is 0. The van der Waals surface area contributed by atoms with E-state index in [0.29, 0.717) is 0 Å². The number of rotatable bonds is 11. The third kappa shape index (κ3) is 10.3. The van der Waals surface area contributed by atoms with Crippen LogP contribution in [0.25, 0.3) is 123 Å². The van der Waals surface area contributed by atoms with Crippen LogP contribution >= 0.6 is 31.9 Å². The zero-order valence-electron chi connectivity index (χ0n) is 47.5. The van der Waals surface area contributed by atoms with Crippen LogP contribution in [-0.2, 0) is 30.9 Å². The molecular weight excluding hydrogens is 1330 g/mol. The van der Waals surface area contributed by atoms with E-state index in [0.717, 1.165) is 132 Å². The van der Waals surface area contributed by atoms with Gasteiger partial charge in [0.25, 0.3) is 0 Å². The molecule has 0 bridgehead atoms. The van der Waals surface area contributed by atoms with Crippen LogP contribution < -0.4 is 0 Å². The molecule has 1 aliphatic rings. The third-order valence-electron chi connectivity index (χ3n) is 18.1. The van der Waals surface area contributed by atoms with Crippen molar-refractivity contribution in [2.45, 2.75) is 52.4 Å². The Morgan fingerprint density at radius 3 is 1.14 bits per heavy atom. The quantitative estimate of drug-likeness (QED) is 0.121. The second-order valence-electron chi connectivity index (χ2n) is 23.2. The molecule has 12 aromatic rings. The van der Waals surface area contributed by atoms with Gasteiger partial charge in [0, 0.05) is 29.7 Å². The normalized spacial score (nSPS) is 13.7. The van der Waals surface area contributed by atoms with Gasteiger partial charge in [-0.3, -0.25) is 0 Å². The standard InChI is InChI=1S/C78H58Br2N3.Ir/c1-76(2)71-37-35-54(44-72(71)77(3,4)78(76,5)6)73-38-36-55(47-81-73)61-29-13-14-30-62(61)56-39-57(63-31-15-17-33-65(63)69-48-82-74(52-25-19-27-59(79)42-52)45-67(69)50-21-9-7-10-22-50)41-58(40-56)64-32-16-18-34-66(64)70-49-83-75(53-26-20-28-60(80)43-53)46-68(70)51-23-11-8-12-24-51;/h7-24,27-34,36-49H,1-6H3;/q-3;+3. The zero-order valence-corrected chi connectivity index (χ0v) is 53.1. The summed E-state index contributed by atoms with van der Waals surface area (Å²) in [5.74, 6) is 0. The minimum Gasteiger partial charge on any atom is -0.304 e. The minimum atomic E-state index is -0.0293. The van der Waals surface area contributed by atoms with Gasteiger partial charge in [0.2, 0.25) is 0 Å². The topological polar surface area (TPSA) is 38.7 Å². The number of benzene rings is 9. The maximum Gasteiger partial charge on any atom is 3.00 e. The fourth-order valence-corrected chi connectivity index (χ4v) is 13.1. The number of aromatic nitrogens is 3. The van der Waals surface area contributed by atoms with Crippen LogP contribution in [0.4, 0.5) is 0 Å². The Labute approximate surface area is 524 Å². The van der Waals surface area contributed by atoms with Gasteiger partial charge < -0.3 is 15.0 Å². The Hall–Kier alpha value is -7.96. The Morgan fingerprint density at radius 1 is 0.310 bits per heavy atom. The van der Waals surface area contributed by atoms with Gasteiger partial charge in [0.05, 0.1) is 0 Å². The fraction of sp³-hybridized carbons (Fsp3) is 0.115. The molecule has 0 saturated carbocycles. The first kappa shape index (κ1) is 56.5. The molecule has 1 aliphatic carbocycles. The van der Waals surface area contributed by atoms with Crippen LogP contribution in [0.3, 0.4) is 0 Å². The number of pyridine rings is 3. The Morgan fingerprint density at radius 2 is 0.702 bits per heavy atom.